The van der Waals surface area contributed by atoms with Gasteiger partial charge in [0, 0.05) is 44.8 Å². The molecule has 1 fully saturated rings. The molecule has 1 N–H and O–H groups in total. The zero-order chi connectivity index (χ0) is 22.9. The average Bonchev–Trinajstić information content (AvgIpc) is 3.23. The van der Waals surface area contributed by atoms with E-state index in [1.54, 1.807) is 0 Å². The topological polar surface area (TPSA) is 35.6 Å². The lowest BCUT2D eigenvalue weighted by Gasteiger charge is -2.38. The highest BCUT2D eigenvalue weighted by atomic mass is 16.1. The lowest BCUT2D eigenvalue weighted by atomic mass is 10.0. The van der Waals surface area contributed by atoms with Crippen LogP contribution in [0.4, 0.5) is 0 Å². The molecule has 0 radical (unpaired) electrons. The monoisotopic (exact) mass is 447 g/mol. The summed E-state index contributed by atoms with van der Waals surface area (Å²) in [6.45, 7) is 5.66. The maximum Gasteiger partial charge on any atom is 0.251 e. The molecule has 0 bridgehead atoms. The molecule has 1 amide bonds. The van der Waals surface area contributed by atoms with Crippen molar-refractivity contribution in [3.63, 3.8) is 0 Å². The molecule has 2 aliphatic rings. The molecular weight excluding hydrogens is 418 g/mol. The Hall–Kier alpha value is -3.47. The number of benzene rings is 4. The van der Waals surface area contributed by atoms with E-state index in [0.717, 1.165) is 49.1 Å². The predicted octanol–water partition coefficient (Wildman–Crippen LogP) is 4.96. The Morgan fingerprint density at radius 2 is 1.35 bits per heavy atom. The van der Waals surface area contributed by atoms with E-state index in [9.17, 15) is 4.79 Å². The standard InChI is InChI=1S/C30H29N3O/c34-30(24-14-13-22-7-1-2-8-23(22)21-24)31-15-16-32-17-19-33(20-18-32)29-27-11-5-3-9-25(27)26-10-4-6-12-28(26)29/h1-14,21,29H,15-20H2,(H,31,34). The summed E-state index contributed by atoms with van der Waals surface area (Å²) in [5, 5.41) is 5.36. The summed E-state index contributed by atoms with van der Waals surface area (Å²) in [5.74, 6) is 0.00330. The van der Waals surface area contributed by atoms with Crippen LogP contribution in [0.2, 0.25) is 0 Å². The van der Waals surface area contributed by atoms with Crippen LogP contribution in [0.3, 0.4) is 0 Å². The van der Waals surface area contributed by atoms with Gasteiger partial charge in [0.05, 0.1) is 6.04 Å². The predicted molar refractivity (Wildman–Crippen MR) is 138 cm³/mol. The lowest BCUT2D eigenvalue weighted by molar-refractivity contribution is 0.0923. The Morgan fingerprint density at radius 3 is 2.06 bits per heavy atom. The molecule has 1 heterocycles. The number of hydrogen-bond donors (Lipinski definition) is 1. The van der Waals surface area contributed by atoms with Crippen molar-refractivity contribution in [1.29, 1.82) is 0 Å². The average molecular weight is 448 g/mol. The molecular formula is C30H29N3O. The van der Waals surface area contributed by atoms with Crippen LogP contribution in [0.15, 0.2) is 91.0 Å². The molecule has 0 unspecified atom stereocenters. The molecule has 34 heavy (non-hydrogen) atoms. The van der Waals surface area contributed by atoms with Gasteiger partial charge in [-0.25, -0.2) is 0 Å². The fourth-order valence-corrected chi connectivity index (χ4v) is 5.53. The van der Waals surface area contributed by atoms with Crippen LogP contribution in [0.5, 0.6) is 0 Å². The van der Waals surface area contributed by atoms with Gasteiger partial charge in [-0.2, -0.15) is 0 Å². The van der Waals surface area contributed by atoms with Crippen molar-refractivity contribution in [2.75, 3.05) is 39.3 Å². The summed E-state index contributed by atoms with van der Waals surface area (Å²) in [4.78, 5) is 17.7. The van der Waals surface area contributed by atoms with Gasteiger partial charge in [0.1, 0.15) is 0 Å². The largest absolute Gasteiger partial charge is 0.351 e. The van der Waals surface area contributed by atoms with Crippen molar-refractivity contribution in [2.45, 2.75) is 6.04 Å². The first-order chi connectivity index (χ1) is 16.8. The number of carbonyl (C=O) groups is 1. The van der Waals surface area contributed by atoms with Crippen molar-refractivity contribution in [1.82, 2.24) is 15.1 Å². The molecule has 0 spiro atoms. The Labute approximate surface area is 200 Å². The lowest BCUT2D eigenvalue weighted by Crippen LogP contribution is -2.49. The highest BCUT2D eigenvalue weighted by Crippen LogP contribution is 2.46. The molecule has 1 aliphatic heterocycles. The third-order valence-electron chi connectivity index (χ3n) is 7.30. The van der Waals surface area contributed by atoms with Crippen LogP contribution < -0.4 is 5.32 Å². The number of amides is 1. The minimum Gasteiger partial charge on any atom is -0.351 e. The van der Waals surface area contributed by atoms with Gasteiger partial charge < -0.3 is 5.32 Å². The van der Waals surface area contributed by atoms with E-state index in [-0.39, 0.29) is 5.91 Å². The molecule has 4 aromatic rings. The third kappa shape index (κ3) is 3.89. The van der Waals surface area contributed by atoms with Crippen molar-refractivity contribution in [2.24, 2.45) is 0 Å². The maximum absolute atomic E-state index is 12.7. The molecule has 6 rings (SSSR count). The van der Waals surface area contributed by atoms with E-state index in [1.165, 1.54) is 22.3 Å². The first-order valence-electron chi connectivity index (χ1n) is 12.2. The number of rotatable bonds is 5. The zero-order valence-corrected chi connectivity index (χ0v) is 19.3. The van der Waals surface area contributed by atoms with Gasteiger partial charge in [-0.05, 0) is 45.2 Å². The van der Waals surface area contributed by atoms with Crippen LogP contribution in [-0.4, -0.2) is 55.0 Å². The molecule has 4 nitrogen and oxygen atoms in total. The minimum absolute atomic E-state index is 0.00330. The van der Waals surface area contributed by atoms with E-state index in [1.807, 2.05) is 36.4 Å². The van der Waals surface area contributed by atoms with Crippen LogP contribution in [0.25, 0.3) is 21.9 Å². The molecule has 0 saturated carbocycles. The van der Waals surface area contributed by atoms with Crippen molar-refractivity contribution >= 4 is 16.7 Å². The first-order valence-corrected chi connectivity index (χ1v) is 12.2. The van der Waals surface area contributed by atoms with Gasteiger partial charge in [-0.15, -0.1) is 0 Å². The van der Waals surface area contributed by atoms with Gasteiger partial charge >= 0.3 is 0 Å². The van der Waals surface area contributed by atoms with E-state index >= 15 is 0 Å². The normalized spacial score (nSPS) is 16.4. The van der Waals surface area contributed by atoms with E-state index in [2.05, 4.69) is 69.7 Å². The van der Waals surface area contributed by atoms with Crippen LogP contribution in [0, 0.1) is 0 Å². The summed E-state index contributed by atoms with van der Waals surface area (Å²) in [5.41, 5.74) is 6.34. The fourth-order valence-electron chi connectivity index (χ4n) is 5.53. The number of fused-ring (bicyclic) bond motifs is 4. The fraction of sp³-hybridized carbons (Fsp3) is 0.233. The maximum atomic E-state index is 12.7. The number of nitrogens with one attached hydrogen (secondary N) is 1. The Balaban J connectivity index is 1.05. The quantitative estimate of drug-likeness (QED) is 0.470. The first kappa shape index (κ1) is 21.1. The van der Waals surface area contributed by atoms with Crippen LogP contribution >= 0.6 is 0 Å². The third-order valence-corrected chi connectivity index (χ3v) is 7.30. The Bertz CT molecular complexity index is 1290. The van der Waals surface area contributed by atoms with Gasteiger partial charge in [-0.1, -0.05) is 78.9 Å². The van der Waals surface area contributed by atoms with Gasteiger partial charge in [0.15, 0.2) is 0 Å². The second-order valence-corrected chi connectivity index (χ2v) is 9.27. The number of nitrogens with zero attached hydrogens (tertiary/aromatic N) is 2. The summed E-state index contributed by atoms with van der Waals surface area (Å²) in [7, 11) is 0. The molecule has 4 heteroatoms. The van der Waals surface area contributed by atoms with Crippen LogP contribution in [-0.2, 0) is 0 Å². The Kier molecular flexibility index (Phi) is 5.61. The van der Waals surface area contributed by atoms with E-state index in [0.29, 0.717) is 12.6 Å². The second kappa shape index (κ2) is 9.05. The number of carbonyl (C=O) groups excluding carboxylic acids is 1. The summed E-state index contributed by atoms with van der Waals surface area (Å²) < 4.78 is 0. The molecule has 170 valence electrons. The minimum atomic E-state index is 0.00330. The summed E-state index contributed by atoms with van der Waals surface area (Å²) >= 11 is 0. The molecule has 0 aromatic heterocycles. The van der Waals surface area contributed by atoms with Crippen molar-refractivity contribution in [3.05, 3.63) is 108 Å². The highest BCUT2D eigenvalue weighted by Gasteiger charge is 2.33. The Morgan fingerprint density at radius 1 is 0.735 bits per heavy atom. The molecule has 1 aliphatic carbocycles. The van der Waals surface area contributed by atoms with E-state index in [4.69, 9.17) is 0 Å². The zero-order valence-electron chi connectivity index (χ0n) is 19.3. The van der Waals surface area contributed by atoms with Crippen molar-refractivity contribution < 1.29 is 4.79 Å². The number of hydrogen-bond acceptors (Lipinski definition) is 3. The van der Waals surface area contributed by atoms with E-state index < -0.39 is 0 Å². The second-order valence-electron chi connectivity index (χ2n) is 9.27. The van der Waals surface area contributed by atoms with Gasteiger partial charge in [0.2, 0.25) is 0 Å². The van der Waals surface area contributed by atoms with Crippen molar-refractivity contribution in [3.8, 4) is 11.1 Å². The summed E-state index contributed by atoms with van der Waals surface area (Å²) in [6.07, 6.45) is 0. The highest BCUT2D eigenvalue weighted by molar-refractivity contribution is 5.98. The SMILES string of the molecule is O=C(NCCN1CCN(C2c3ccccc3-c3ccccc32)CC1)c1ccc2ccccc2c1. The molecule has 0 atom stereocenters. The van der Waals surface area contributed by atoms with Gasteiger partial charge in [-0.3, -0.25) is 14.6 Å². The smallest absolute Gasteiger partial charge is 0.251 e. The van der Waals surface area contributed by atoms with Crippen LogP contribution in [0.1, 0.15) is 27.5 Å². The van der Waals surface area contributed by atoms with Gasteiger partial charge in [0.25, 0.3) is 5.91 Å². The molecule has 1 saturated heterocycles. The molecule has 4 aromatic carbocycles. The summed E-state index contributed by atoms with van der Waals surface area (Å²) in [6, 6.07) is 32.1. The number of piperazine rings is 1.